The fourth-order valence-electron chi connectivity index (χ4n) is 0.511. The van der Waals surface area contributed by atoms with Crippen LogP contribution in [0.2, 0.25) is 0 Å². The van der Waals surface area contributed by atoms with E-state index in [4.69, 9.17) is 11.6 Å². The van der Waals surface area contributed by atoms with Crippen LogP contribution in [0.15, 0.2) is 15.4 Å². The number of rotatable bonds is 0. The number of amidine groups is 1. The molecule has 0 fully saturated rings. The van der Waals surface area contributed by atoms with Crippen LogP contribution in [-0.4, -0.2) is 21.3 Å². The van der Waals surface area contributed by atoms with Crippen LogP contribution in [0.1, 0.15) is 0 Å². The van der Waals surface area contributed by atoms with Gasteiger partial charge >= 0.3 is 0 Å². The summed E-state index contributed by atoms with van der Waals surface area (Å²) in [5, 5.41) is 0. The summed E-state index contributed by atoms with van der Waals surface area (Å²) in [5.74, 6) is 0.269. The molecule has 1 heterocycles. The first-order valence-electron chi connectivity index (χ1n) is 2.43. The maximum absolute atomic E-state index is 10.7. The zero-order valence-electron chi connectivity index (χ0n) is 5.13. The zero-order chi connectivity index (χ0) is 7.78. The standard InChI is InChI=1S/C4H5ClN2O2S/c1-6-4-2-3(5)10(8,9)7-4/h2H,1H3,(H,6,7). The maximum Gasteiger partial charge on any atom is 0.274 e. The van der Waals surface area contributed by atoms with Crippen molar-refractivity contribution in [3.63, 3.8) is 0 Å². The van der Waals surface area contributed by atoms with E-state index >= 15 is 0 Å². The van der Waals surface area contributed by atoms with Gasteiger partial charge in [0.25, 0.3) is 10.0 Å². The van der Waals surface area contributed by atoms with Crippen LogP contribution >= 0.6 is 11.6 Å². The highest BCUT2D eigenvalue weighted by molar-refractivity contribution is 7.96. The van der Waals surface area contributed by atoms with Crippen molar-refractivity contribution in [2.75, 3.05) is 7.05 Å². The lowest BCUT2D eigenvalue weighted by Gasteiger charge is -1.93. The Hall–Kier alpha value is -0.550. The summed E-state index contributed by atoms with van der Waals surface area (Å²) in [5.41, 5.74) is 0. The summed E-state index contributed by atoms with van der Waals surface area (Å²) in [4.78, 5) is 3.60. The second kappa shape index (κ2) is 2.25. The van der Waals surface area contributed by atoms with E-state index in [0.29, 0.717) is 0 Å². The van der Waals surface area contributed by atoms with Crippen molar-refractivity contribution in [3.05, 3.63) is 10.4 Å². The van der Waals surface area contributed by atoms with Crippen LogP contribution in [0.3, 0.4) is 0 Å². The number of halogens is 1. The van der Waals surface area contributed by atoms with Crippen LogP contribution in [0.5, 0.6) is 0 Å². The fourth-order valence-corrected chi connectivity index (χ4v) is 1.52. The molecule has 1 rings (SSSR count). The largest absolute Gasteiger partial charge is 0.274 e. The Kier molecular flexibility index (Phi) is 1.70. The van der Waals surface area contributed by atoms with Crippen LogP contribution in [0, 0.1) is 0 Å². The summed E-state index contributed by atoms with van der Waals surface area (Å²) in [6.07, 6.45) is 1.26. The molecular formula is C4H5ClN2O2S. The number of hydrogen-bond acceptors (Lipinski definition) is 3. The predicted molar refractivity (Wildman–Crippen MR) is 39.4 cm³/mol. The van der Waals surface area contributed by atoms with Crippen LogP contribution in [0.25, 0.3) is 0 Å². The fraction of sp³-hybridized carbons (Fsp3) is 0.250. The van der Waals surface area contributed by atoms with E-state index in [1.54, 1.807) is 0 Å². The van der Waals surface area contributed by atoms with Crippen LogP contribution in [0.4, 0.5) is 0 Å². The summed E-state index contributed by atoms with van der Waals surface area (Å²) in [6, 6.07) is 0. The third kappa shape index (κ3) is 1.15. The molecule has 0 aromatic heterocycles. The molecule has 10 heavy (non-hydrogen) atoms. The quantitative estimate of drug-likeness (QED) is 0.572. The minimum absolute atomic E-state index is 0.215. The number of nitrogens with one attached hydrogen (secondary N) is 1. The van der Waals surface area contributed by atoms with Crippen molar-refractivity contribution in [3.8, 4) is 0 Å². The van der Waals surface area contributed by atoms with Crippen molar-refractivity contribution in [1.82, 2.24) is 4.72 Å². The van der Waals surface area contributed by atoms with Gasteiger partial charge in [-0.25, -0.2) is 8.42 Å². The van der Waals surface area contributed by atoms with E-state index < -0.39 is 10.0 Å². The molecule has 1 aliphatic heterocycles. The molecule has 6 heteroatoms. The summed E-state index contributed by atoms with van der Waals surface area (Å²) >= 11 is 5.31. The molecule has 4 nitrogen and oxygen atoms in total. The summed E-state index contributed by atoms with van der Waals surface area (Å²) in [7, 11) is -1.96. The van der Waals surface area contributed by atoms with Gasteiger partial charge in [0.05, 0.1) is 0 Å². The Balaban J connectivity index is 3.12. The van der Waals surface area contributed by atoms with Crippen LogP contribution in [-0.2, 0) is 10.0 Å². The number of hydrogen-bond donors (Lipinski definition) is 1. The lowest BCUT2D eigenvalue weighted by Crippen LogP contribution is -2.21. The first-order chi connectivity index (χ1) is 4.56. The smallest absolute Gasteiger partial charge is 0.271 e. The second-order valence-corrected chi connectivity index (χ2v) is 3.94. The molecule has 1 aliphatic rings. The molecule has 0 spiro atoms. The van der Waals surface area contributed by atoms with Crippen molar-refractivity contribution >= 4 is 27.5 Å². The molecular weight excluding hydrogens is 176 g/mol. The highest BCUT2D eigenvalue weighted by Crippen LogP contribution is 2.14. The molecule has 56 valence electrons. The van der Waals surface area contributed by atoms with Gasteiger partial charge in [0, 0.05) is 13.1 Å². The highest BCUT2D eigenvalue weighted by Gasteiger charge is 2.23. The number of aliphatic imine (C=N–C) groups is 1. The van der Waals surface area contributed by atoms with Gasteiger partial charge in [0.1, 0.15) is 5.84 Å². The molecule has 0 saturated carbocycles. The van der Waals surface area contributed by atoms with Gasteiger partial charge < -0.3 is 0 Å². The Morgan fingerprint density at radius 1 is 1.70 bits per heavy atom. The van der Waals surface area contributed by atoms with Gasteiger partial charge in [0.15, 0.2) is 4.36 Å². The van der Waals surface area contributed by atoms with Crippen molar-refractivity contribution in [2.24, 2.45) is 4.99 Å². The summed E-state index contributed by atoms with van der Waals surface area (Å²) in [6.45, 7) is 0. The molecule has 1 N–H and O–H groups in total. The molecule has 0 atom stereocenters. The van der Waals surface area contributed by atoms with E-state index in [1.807, 2.05) is 0 Å². The molecule has 0 unspecified atom stereocenters. The van der Waals surface area contributed by atoms with Crippen molar-refractivity contribution < 1.29 is 8.42 Å². The molecule has 0 saturated heterocycles. The van der Waals surface area contributed by atoms with Crippen LogP contribution < -0.4 is 4.72 Å². The van der Waals surface area contributed by atoms with E-state index in [2.05, 4.69) is 9.71 Å². The molecule has 0 aliphatic carbocycles. The Morgan fingerprint density at radius 3 is 2.50 bits per heavy atom. The van der Waals surface area contributed by atoms with E-state index in [0.717, 1.165) is 0 Å². The lowest BCUT2D eigenvalue weighted by molar-refractivity contribution is 0.602. The third-order valence-corrected chi connectivity index (χ3v) is 2.81. The Labute approximate surface area is 63.6 Å². The predicted octanol–water partition coefficient (Wildman–Crippen LogP) is 0.0279. The average Bonchev–Trinajstić information content (AvgIpc) is 2.08. The molecule has 0 bridgehead atoms. The first kappa shape index (κ1) is 7.56. The van der Waals surface area contributed by atoms with Gasteiger partial charge in [-0.3, -0.25) is 9.71 Å². The first-order valence-corrected chi connectivity index (χ1v) is 4.29. The lowest BCUT2D eigenvalue weighted by atomic mass is 10.6. The van der Waals surface area contributed by atoms with E-state index in [1.165, 1.54) is 13.1 Å². The SMILES string of the molecule is CN=C1C=C(Cl)S(=O)(=O)N1. The van der Waals surface area contributed by atoms with Gasteiger partial charge in [0.2, 0.25) is 0 Å². The average molecular weight is 181 g/mol. The minimum atomic E-state index is -3.44. The third-order valence-electron chi connectivity index (χ3n) is 0.987. The van der Waals surface area contributed by atoms with E-state index in [-0.39, 0.29) is 10.2 Å². The normalized spacial score (nSPS) is 26.2. The Bertz CT molecular complexity index is 303. The van der Waals surface area contributed by atoms with Crippen molar-refractivity contribution in [1.29, 1.82) is 0 Å². The van der Waals surface area contributed by atoms with Gasteiger partial charge in [-0.05, 0) is 0 Å². The second-order valence-electron chi connectivity index (χ2n) is 1.66. The number of nitrogens with zero attached hydrogens (tertiary/aromatic N) is 1. The minimum Gasteiger partial charge on any atom is -0.271 e. The van der Waals surface area contributed by atoms with Gasteiger partial charge in [-0.2, -0.15) is 0 Å². The maximum atomic E-state index is 10.7. The van der Waals surface area contributed by atoms with Crippen molar-refractivity contribution in [2.45, 2.75) is 0 Å². The molecule has 0 radical (unpaired) electrons. The Morgan fingerprint density at radius 2 is 2.30 bits per heavy atom. The molecule has 0 aromatic carbocycles. The van der Waals surface area contributed by atoms with Gasteiger partial charge in [-0.15, -0.1) is 0 Å². The zero-order valence-corrected chi connectivity index (χ0v) is 6.70. The summed E-state index contributed by atoms with van der Waals surface area (Å²) < 4.78 is 23.4. The molecule has 0 aromatic rings. The highest BCUT2D eigenvalue weighted by atomic mass is 35.5. The van der Waals surface area contributed by atoms with E-state index in [9.17, 15) is 8.42 Å². The number of sulfonamides is 1. The van der Waals surface area contributed by atoms with Gasteiger partial charge in [-0.1, -0.05) is 11.6 Å². The monoisotopic (exact) mass is 180 g/mol. The topological polar surface area (TPSA) is 58.5 Å². The molecule has 0 amide bonds.